The lowest BCUT2D eigenvalue weighted by molar-refractivity contribution is -0.135. The van der Waals surface area contributed by atoms with Gasteiger partial charge >= 0.3 is 0 Å². The maximum absolute atomic E-state index is 12.1. The Morgan fingerprint density at radius 3 is 2.50 bits per heavy atom. The van der Waals surface area contributed by atoms with Crippen LogP contribution < -0.4 is 5.73 Å². The lowest BCUT2D eigenvalue weighted by atomic mass is 9.96. The summed E-state index contributed by atoms with van der Waals surface area (Å²) in [6, 6.07) is 0. The van der Waals surface area contributed by atoms with Crippen molar-refractivity contribution in [1.82, 2.24) is 4.90 Å². The standard InChI is InChI=1S/C14H24N2O2S2/c15-14(18)11-5-8-16(9-6-11)13(17)4-2-1-3-12-7-10-19-20-12/h11-12H,1-10H2,(H2,15,18). The van der Waals surface area contributed by atoms with E-state index in [-0.39, 0.29) is 17.7 Å². The first kappa shape index (κ1) is 16.0. The van der Waals surface area contributed by atoms with Crippen molar-refractivity contribution in [2.75, 3.05) is 18.8 Å². The largest absolute Gasteiger partial charge is 0.369 e. The topological polar surface area (TPSA) is 63.4 Å². The van der Waals surface area contributed by atoms with E-state index in [9.17, 15) is 9.59 Å². The summed E-state index contributed by atoms with van der Waals surface area (Å²) in [5.74, 6) is 1.28. The molecule has 2 amide bonds. The summed E-state index contributed by atoms with van der Waals surface area (Å²) >= 11 is 0. The van der Waals surface area contributed by atoms with Crippen LogP contribution >= 0.6 is 21.6 Å². The van der Waals surface area contributed by atoms with Crippen molar-refractivity contribution in [3.8, 4) is 0 Å². The average molecular weight is 316 g/mol. The summed E-state index contributed by atoms with van der Waals surface area (Å²) in [5.41, 5.74) is 5.30. The van der Waals surface area contributed by atoms with Crippen molar-refractivity contribution in [3.63, 3.8) is 0 Å². The van der Waals surface area contributed by atoms with E-state index in [1.165, 1.54) is 18.6 Å². The Balaban J connectivity index is 1.57. The Morgan fingerprint density at radius 1 is 1.15 bits per heavy atom. The lowest BCUT2D eigenvalue weighted by Crippen LogP contribution is -2.41. The molecule has 0 aromatic heterocycles. The molecule has 0 saturated carbocycles. The number of rotatable bonds is 6. The van der Waals surface area contributed by atoms with Gasteiger partial charge in [0.25, 0.3) is 0 Å². The second-order valence-corrected chi connectivity index (χ2v) is 8.42. The fourth-order valence-electron chi connectivity index (χ4n) is 2.78. The van der Waals surface area contributed by atoms with Gasteiger partial charge in [0, 0.05) is 36.4 Å². The smallest absolute Gasteiger partial charge is 0.222 e. The molecule has 6 heteroatoms. The molecule has 2 rings (SSSR count). The van der Waals surface area contributed by atoms with Crippen molar-refractivity contribution >= 4 is 33.4 Å². The van der Waals surface area contributed by atoms with E-state index in [1.807, 2.05) is 26.5 Å². The van der Waals surface area contributed by atoms with E-state index >= 15 is 0 Å². The molecule has 0 bridgehead atoms. The van der Waals surface area contributed by atoms with Crippen LogP contribution in [0.25, 0.3) is 0 Å². The minimum atomic E-state index is -0.218. The Bertz CT molecular complexity index is 338. The van der Waals surface area contributed by atoms with Gasteiger partial charge in [0.2, 0.25) is 11.8 Å². The Kier molecular flexibility index (Phi) is 6.55. The molecule has 1 atom stereocenters. The third-order valence-corrected chi connectivity index (χ3v) is 7.15. The van der Waals surface area contributed by atoms with Crippen LogP contribution in [-0.4, -0.2) is 40.8 Å². The van der Waals surface area contributed by atoms with E-state index in [0.29, 0.717) is 19.5 Å². The first-order chi connectivity index (χ1) is 9.66. The van der Waals surface area contributed by atoms with Crippen LogP contribution in [0.2, 0.25) is 0 Å². The first-order valence-electron chi connectivity index (χ1n) is 7.52. The van der Waals surface area contributed by atoms with Gasteiger partial charge in [0.15, 0.2) is 0 Å². The minimum Gasteiger partial charge on any atom is -0.369 e. The summed E-state index contributed by atoms with van der Waals surface area (Å²) in [4.78, 5) is 25.1. The van der Waals surface area contributed by atoms with Gasteiger partial charge in [-0.2, -0.15) is 0 Å². The first-order valence-corrected chi connectivity index (χ1v) is 9.90. The molecule has 0 aliphatic carbocycles. The Morgan fingerprint density at radius 2 is 1.90 bits per heavy atom. The highest BCUT2D eigenvalue weighted by Gasteiger charge is 2.25. The number of likely N-dealkylation sites (tertiary alicyclic amines) is 1. The Hall–Kier alpha value is -0.360. The molecular formula is C14H24N2O2S2. The quantitative estimate of drug-likeness (QED) is 0.604. The van der Waals surface area contributed by atoms with Gasteiger partial charge in [-0.1, -0.05) is 28.0 Å². The van der Waals surface area contributed by atoms with Crippen molar-refractivity contribution in [2.24, 2.45) is 11.7 Å². The van der Waals surface area contributed by atoms with Crippen molar-refractivity contribution in [3.05, 3.63) is 0 Å². The van der Waals surface area contributed by atoms with E-state index in [1.54, 1.807) is 0 Å². The van der Waals surface area contributed by atoms with Crippen LogP contribution in [0, 0.1) is 5.92 Å². The van der Waals surface area contributed by atoms with Gasteiger partial charge in [0.05, 0.1) is 0 Å². The third-order valence-electron chi connectivity index (χ3n) is 4.14. The predicted molar refractivity (Wildman–Crippen MR) is 85.4 cm³/mol. The van der Waals surface area contributed by atoms with Crippen LogP contribution in [-0.2, 0) is 9.59 Å². The monoisotopic (exact) mass is 316 g/mol. The fourth-order valence-corrected chi connectivity index (χ4v) is 5.81. The summed E-state index contributed by atoms with van der Waals surface area (Å²) in [6.07, 6.45) is 6.84. The average Bonchev–Trinajstić information content (AvgIpc) is 2.96. The molecule has 2 N–H and O–H groups in total. The lowest BCUT2D eigenvalue weighted by Gasteiger charge is -2.30. The summed E-state index contributed by atoms with van der Waals surface area (Å²) in [6.45, 7) is 1.39. The van der Waals surface area contributed by atoms with Gasteiger partial charge in [-0.15, -0.1) is 0 Å². The zero-order valence-corrected chi connectivity index (χ0v) is 13.5. The van der Waals surface area contributed by atoms with Crippen LogP contribution in [0.4, 0.5) is 0 Å². The molecule has 2 aliphatic heterocycles. The number of nitrogens with zero attached hydrogens (tertiary/aromatic N) is 1. The zero-order chi connectivity index (χ0) is 14.4. The van der Waals surface area contributed by atoms with Crippen molar-refractivity contribution in [1.29, 1.82) is 0 Å². The van der Waals surface area contributed by atoms with E-state index in [4.69, 9.17) is 5.73 Å². The second-order valence-electron chi connectivity index (χ2n) is 5.63. The highest BCUT2D eigenvalue weighted by atomic mass is 33.1. The molecule has 1 unspecified atom stereocenters. The molecule has 0 spiro atoms. The molecule has 0 aromatic rings. The number of piperidine rings is 1. The number of carbonyl (C=O) groups excluding carboxylic acids is 2. The van der Waals surface area contributed by atoms with Crippen LogP contribution in [0.3, 0.4) is 0 Å². The van der Waals surface area contributed by atoms with Crippen LogP contribution in [0.5, 0.6) is 0 Å². The van der Waals surface area contributed by atoms with Crippen LogP contribution in [0.1, 0.15) is 44.9 Å². The maximum Gasteiger partial charge on any atom is 0.222 e. The van der Waals surface area contributed by atoms with Gasteiger partial charge in [0.1, 0.15) is 0 Å². The zero-order valence-electron chi connectivity index (χ0n) is 11.9. The SMILES string of the molecule is NC(=O)C1CCN(C(=O)CCCCC2CCSS2)CC1. The van der Waals surface area contributed by atoms with Crippen LogP contribution in [0.15, 0.2) is 0 Å². The van der Waals surface area contributed by atoms with Gasteiger partial charge in [-0.25, -0.2) is 0 Å². The minimum absolute atomic E-state index is 0.0315. The number of hydrogen-bond donors (Lipinski definition) is 1. The summed E-state index contributed by atoms with van der Waals surface area (Å²) < 4.78 is 0. The highest BCUT2D eigenvalue weighted by molar-refractivity contribution is 8.77. The van der Waals surface area contributed by atoms with Crippen molar-refractivity contribution in [2.45, 2.75) is 50.2 Å². The summed E-state index contributed by atoms with van der Waals surface area (Å²) in [5, 5.41) is 0.807. The molecule has 2 fully saturated rings. The predicted octanol–water partition coefficient (Wildman–Crippen LogP) is 2.42. The molecule has 2 saturated heterocycles. The van der Waals surface area contributed by atoms with E-state index in [0.717, 1.165) is 30.9 Å². The van der Waals surface area contributed by atoms with Crippen molar-refractivity contribution < 1.29 is 9.59 Å². The van der Waals surface area contributed by atoms with Gasteiger partial charge in [-0.05, 0) is 32.1 Å². The van der Waals surface area contributed by atoms with Gasteiger partial charge in [-0.3, -0.25) is 9.59 Å². The molecule has 2 heterocycles. The van der Waals surface area contributed by atoms with Gasteiger partial charge < -0.3 is 10.6 Å². The second kappa shape index (κ2) is 8.17. The van der Waals surface area contributed by atoms with E-state index in [2.05, 4.69) is 0 Å². The molecule has 20 heavy (non-hydrogen) atoms. The number of nitrogens with two attached hydrogens (primary N) is 1. The number of primary amides is 1. The Labute approximate surface area is 129 Å². The molecule has 2 aliphatic rings. The molecule has 0 aromatic carbocycles. The molecular weight excluding hydrogens is 292 g/mol. The third kappa shape index (κ3) is 4.88. The number of hydrogen-bond acceptors (Lipinski definition) is 4. The normalized spacial score (nSPS) is 24.0. The number of amides is 2. The number of unbranched alkanes of at least 4 members (excludes halogenated alkanes) is 1. The highest BCUT2D eigenvalue weighted by Crippen LogP contribution is 2.39. The summed E-state index contributed by atoms with van der Waals surface area (Å²) in [7, 11) is 3.99. The number of carbonyl (C=O) groups is 2. The molecule has 0 radical (unpaired) electrons. The maximum atomic E-state index is 12.1. The fraction of sp³-hybridized carbons (Fsp3) is 0.857. The van der Waals surface area contributed by atoms with E-state index < -0.39 is 0 Å². The molecule has 4 nitrogen and oxygen atoms in total. The molecule has 114 valence electrons.